The number of para-hydroxylation sites is 1. The summed E-state index contributed by atoms with van der Waals surface area (Å²) >= 11 is 0. The monoisotopic (exact) mass is 460 g/mol. The van der Waals surface area contributed by atoms with Gasteiger partial charge in [-0.2, -0.15) is 0 Å². The standard InChI is InChI=1S/C23H30F2N6O2/c1-14(16-6-5-7-17(22(24)25)21(16)33-11-9-27-4)29-23-18-12-20(32-10-8-26-3)28-13-19(18)30-15(2)31-23/h5-7,12-14,22,26-27H,8-11H2,1-4H3,(H,29,30,31)/t14-/m1/s1. The molecule has 0 fully saturated rings. The summed E-state index contributed by atoms with van der Waals surface area (Å²) in [6, 6.07) is 6.19. The maximum atomic E-state index is 13.7. The lowest BCUT2D eigenvalue weighted by molar-refractivity contribution is 0.145. The number of halogens is 2. The van der Waals surface area contributed by atoms with Crippen LogP contribution >= 0.6 is 0 Å². The molecule has 10 heteroatoms. The van der Waals surface area contributed by atoms with Crippen LogP contribution in [-0.4, -0.2) is 55.4 Å². The molecule has 0 saturated carbocycles. The molecule has 2 aromatic heterocycles. The van der Waals surface area contributed by atoms with E-state index in [9.17, 15) is 8.78 Å². The first-order valence-corrected chi connectivity index (χ1v) is 10.8. The number of hydrogen-bond donors (Lipinski definition) is 3. The third-order valence-electron chi connectivity index (χ3n) is 5.00. The summed E-state index contributed by atoms with van der Waals surface area (Å²) in [5.41, 5.74) is 1.14. The van der Waals surface area contributed by atoms with E-state index < -0.39 is 6.43 Å². The number of aromatic nitrogens is 3. The second-order valence-electron chi connectivity index (χ2n) is 7.50. The number of alkyl halides is 2. The van der Waals surface area contributed by atoms with Gasteiger partial charge in [-0.15, -0.1) is 0 Å². The highest BCUT2D eigenvalue weighted by Gasteiger charge is 2.22. The van der Waals surface area contributed by atoms with Crippen molar-refractivity contribution in [2.24, 2.45) is 0 Å². The number of ether oxygens (including phenoxy) is 2. The van der Waals surface area contributed by atoms with Crippen molar-refractivity contribution in [2.45, 2.75) is 26.3 Å². The van der Waals surface area contributed by atoms with Gasteiger partial charge in [0.15, 0.2) is 0 Å². The highest BCUT2D eigenvalue weighted by Crippen LogP contribution is 2.37. The van der Waals surface area contributed by atoms with E-state index in [0.29, 0.717) is 48.3 Å². The molecule has 0 unspecified atom stereocenters. The zero-order valence-corrected chi connectivity index (χ0v) is 19.3. The topological polar surface area (TPSA) is 93.2 Å². The number of aryl methyl sites for hydroxylation is 1. The Morgan fingerprint density at radius 1 is 1.00 bits per heavy atom. The van der Waals surface area contributed by atoms with Crippen LogP contribution in [0.4, 0.5) is 14.6 Å². The van der Waals surface area contributed by atoms with Gasteiger partial charge in [-0.1, -0.05) is 12.1 Å². The first kappa shape index (κ1) is 24.5. The van der Waals surface area contributed by atoms with Gasteiger partial charge in [0.25, 0.3) is 6.43 Å². The van der Waals surface area contributed by atoms with Gasteiger partial charge >= 0.3 is 0 Å². The highest BCUT2D eigenvalue weighted by atomic mass is 19.3. The van der Waals surface area contributed by atoms with E-state index in [-0.39, 0.29) is 24.0 Å². The van der Waals surface area contributed by atoms with Gasteiger partial charge in [-0.25, -0.2) is 23.7 Å². The van der Waals surface area contributed by atoms with E-state index in [1.165, 1.54) is 6.07 Å². The van der Waals surface area contributed by atoms with Gasteiger partial charge in [0.1, 0.15) is 30.6 Å². The molecule has 3 N–H and O–H groups in total. The Morgan fingerprint density at radius 3 is 2.39 bits per heavy atom. The lowest BCUT2D eigenvalue weighted by atomic mass is 10.0. The lowest BCUT2D eigenvalue weighted by Crippen LogP contribution is -2.18. The van der Waals surface area contributed by atoms with Crippen molar-refractivity contribution in [3.05, 3.63) is 47.4 Å². The van der Waals surface area contributed by atoms with Crippen LogP contribution in [0.1, 0.15) is 36.3 Å². The van der Waals surface area contributed by atoms with Crippen LogP contribution in [0, 0.1) is 6.92 Å². The Kier molecular flexibility index (Phi) is 8.67. The van der Waals surface area contributed by atoms with E-state index in [1.807, 2.05) is 14.0 Å². The summed E-state index contributed by atoms with van der Waals surface area (Å²) in [6.45, 7) is 5.63. The largest absolute Gasteiger partial charge is 0.491 e. The zero-order valence-electron chi connectivity index (χ0n) is 19.3. The quantitative estimate of drug-likeness (QED) is 0.353. The molecule has 0 saturated heterocycles. The third-order valence-corrected chi connectivity index (χ3v) is 5.00. The molecule has 0 bridgehead atoms. The van der Waals surface area contributed by atoms with Crippen molar-refractivity contribution >= 4 is 16.7 Å². The Morgan fingerprint density at radius 2 is 1.70 bits per heavy atom. The number of likely N-dealkylation sites (N-methyl/N-ethyl adjacent to an activating group) is 2. The van der Waals surface area contributed by atoms with Crippen molar-refractivity contribution < 1.29 is 18.3 Å². The first-order valence-electron chi connectivity index (χ1n) is 10.8. The maximum Gasteiger partial charge on any atom is 0.267 e. The number of hydrogen-bond acceptors (Lipinski definition) is 8. The molecule has 1 aromatic carbocycles. The summed E-state index contributed by atoms with van der Waals surface area (Å²) in [5.74, 6) is 1.77. The molecular formula is C23H30F2N6O2. The molecule has 0 aliphatic heterocycles. The van der Waals surface area contributed by atoms with E-state index >= 15 is 0 Å². The van der Waals surface area contributed by atoms with Crippen LogP contribution < -0.4 is 25.4 Å². The Hall–Kier alpha value is -3.11. The van der Waals surface area contributed by atoms with Crippen molar-refractivity contribution in [1.82, 2.24) is 25.6 Å². The van der Waals surface area contributed by atoms with Crippen molar-refractivity contribution in [1.29, 1.82) is 0 Å². The fourth-order valence-electron chi connectivity index (χ4n) is 3.37. The van der Waals surface area contributed by atoms with Gasteiger partial charge in [0, 0.05) is 30.1 Å². The van der Waals surface area contributed by atoms with E-state index in [0.717, 1.165) is 5.39 Å². The predicted molar refractivity (Wildman–Crippen MR) is 124 cm³/mol. The number of pyridine rings is 1. The third kappa shape index (κ3) is 6.23. The summed E-state index contributed by atoms with van der Waals surface area (Å²) < 4.78 is 38.8. The van der Waals surface area contributed by atoms with E-state index in [1.54, 1.807) is 38.4 Å². The number of rotatable bonds is 12. The van der Waals surface area contributed by atoms with E-state index in [4.69, 9.17) is 9.47 Å². The second-order valence-corrected chi connectivity index (χ2v) is 7.50. The second kappa shape index (κ2) is 11.7. The first-order chi connectivity index (χ1) is 15.9. The minimum Gasteiger partial charge on any atom is -0.491 e. The smallest absolute Gasteiger partial charge is 0.267 e. The molecule has 3 aromatic rings. The molecule has 2 heterocycles. The van der Waals surface area contributed by atoms with Gasteiger partial charge in [-0.05, 0) is 34.0 Å². The van der Waals surface area contributed by atoms with Gasteiger partial charge in [0.05, 0.1) is 23.3 Å². The summed E-state index contributed by atoms with van der Waals surface area (Å²) in [7, 11) is 3.62. The van der Waals surface area contributed by atoms with E-state index in [2.05, 4.69) is 30.9 Å². The average molecular weight is 461 g/mol. The fourth-order valence-corrected chi connectivity index (χ4v) is 3.37. The number of benzene rings is 1. The summed E-state index contributed by atoms with van der Waals surface area (Å²) in [5, 5.41) is 10.0. The summed E-state index contributed by atoms with van der Waals surface area (Å²) in [4.78, 5) is 13.3. The molecule has 0 aliphatic carbocycles. The molecule has 0 spiro atoms. The molecule has 0 amide bonds. The summed E-state index contributed by atoms with van der Waals surface area (Å²) in [6.07, 6.45) is -1.01. The average Bonchev–Trinajstić information content (AvgIpc) is 2.79. The molecule has 1 atom stereocenters. The van der Waals surface area contributed by atoms with Gasteiger partial charge < -0.3 is 25.4 Å². The molecular weight excluding hydrogens is 430 g/mol. The van der Waals surface area contributed by atoms with Crippen molar-refractivity contribution in [3.8, 4) is 11.6 Å². The predicted octanol–water partition coefficient (Wildman–Crippen LogP) is 3.64. The van der Waals surface area contributed by atoms with Crippen LogP contribution in [0.25, 0.3) is 10.9 Å². The molecule has 8 nitrogen and oxygen atoms in total. The normalized spacial score (nSPS) is 12.2. The van der Waals surface area contributed by atoms with Gasteiger partial charge in [-0.3, -0.25) is 0 Å². The lowest BCUT2D eigenvalue weighted by Gasteiger charge is -2.22. The van der Waals surface area contributed by atoms with Crippen molar-refractivity contribution in [3.63, 3.8) is 0 Å². The van der Waals surface area contributed by atoms with Gasteiger partial charge in [0.2, 0.25) is 5.88 Å². The minimum absolute atomic E-state index is 0.134. The molecule has 178 valence electrons. The van der Waals surface area contributed by atoms with Crippen LogP contribution in [0.15, 0.2) is 30.5 Å². The van der Waals surface area contributed by atoms with Crippen LogP contribution in [-0.2, 0) is 0 Å². The molecule has 33 heavy (non-hydrogen) atoms. The SMILES string of the molecule is CNCCOc1cc2c(N[C@H](C)c3cccc(C(F)F)c3OCCNC)nc(C)nc2cn1. The van der Waals surface area contributed by atoms with Crippen LogP contribution in [0.5, 0.6) is 11.6 Å². The zero-order chi connectivity index (χ0) is 23.8. The number of fused-ring (bicyclic) bond motifs is 1. The Balaban J connectivity index is 1.94. The molecule has 0 aliphatic rings. The van der Waals surface area contributed by atoms with Crippen molar-refractivity contribution in [2.75, 3.05) is 45.7 Å². The van der Waals surface area contributed by atoms with Crippen LogP contribution in [0.2, 0.25) is 0 Å². The fraction of sp³-hybridized carbons (Fsp3) is 0.435. The number of anilines is 1. The highest BCUT2D eigenvalue weighted by molar-refractivity contribution is 5.89. The maximum absolute atomic E-state index is 13.7. The Labute approximate surface area is 192 Å². The number of nitrogens with one attached hydrogen (secondary N) is 3. The Bertz CT molecular complexity index is 1070. The molecule has 0 radical (unpaired) electrons. The minimum atomic E-state index is -2.65. The number of nitrogens with zero attached hydrogens (tertiary/aromatic N) is 3. The van der Waals surface area contributed by atoms with Crippen LogP contribution in [0.3, 0.4) is 0 Å². The molecule has 3 rings (SSSR count).